The average Bonchev–Trinajstić information content (AvgIpc) is 2.53. The van der Waals surface area contributed by atoms with Crippen molar-refractivity contribution in [2.24, 2.45) is 5.92 Å². The summed E-state index contributed by atoms with van der Waals surface area (Å²) in [6, 6.07) is -0.0201. The van der Waals surface area contributed by atoms with Crippen LogP contribution in [0.4, 0.5) is 19.1 Å². The van der Waals surface area contributed by atoms with Gasteiger partial charge >= 0.3 is 12.1 Å². The lowest BCUT2D eigenvalue weighted by atomic mass is 10.0. The van der Waals surface area contributed by atoms with E-state index in [9.17, 15) is 18.0 Å². The Kier molecular flexibility index (Phi) is 5.63. The first-order valence-corrected chi connectivity index (χ1v) is 7.84. The highest BCUT2D eigenvalue weighted by Crippen LogP contribution is 2.32. The van der Waals surface area contributed by atoms with Crippen LogP contribution in [0.5, 0.6) is 0 Å². The van der Waals surface area contributed by atoms with E-state index in [0.29, 0.717) is 19.6 Å². The predicted octanol–water partition coefficient (Wildman–Crippen LogP) is 2.11. The van der Waals surface area contributed by atoms with Gasteiger partial charge in [0, 0.05) is 31.9 Å². The Morgan fingerprint density at radius 3 is 2.79 bits per heavy atom. The normalized spacial score (nSPS) is 18.8. The number of carbonyl (C=O) groups excluding carboxylic acids is 1. The molecule has 2 rings (SSSR count). The lowest BCUT2D eigenvalue weighted by Gasteiger charge is -2.38. The molecular weight excluding hydrogens is 325 g/mol. The lowest BCUT2D eigenvalue weighted by Crippen LogP contribution is -2.54. The van der Waals surface area contributed by atoms with E-state index >= 15 is 0 Å². The molecule has 2 heterocycles. The highest BCUT2D eigenvalue weighted by atomic mass is 19.4. The van der Waals surface area contributed by atoms with Gasteiger partial charge in [0.2, 0.25) is 5.95 Å². The van der Waals surface area contributed by atoms with E-state index in [1.807, 2.05) is 13.8 Å². The van der Waals surface area contributed by atoms with Crippen LogP contribution in [-0.2, 0) is 10.9 Å². The van der Waals surface area contributed by atoms with Crippen LogP contribution in [0, 0.1) is 5.92 Å². The molecule has 134 valence electrons. The van der Waals surface area contributed by atoms with Gasteiger partial charge in [-0.1, -0.05) is 13.8 Å². The van der Waals surface area contributed by atoms with Gasteiger partial charge in [0.1, 0.15) is 5.56 Å². The zero-order valence-corrected chi connectivity index (χ0v) is 13.9. The van der Waals surface area contributed by atoms with Crippen molar-refractivity contribution in [2.75, 3.05) is 31.1 Å². The number of anilines is 1. The fourth-order valence-electron chi connectivity index (χ4n) is 2.65. The van der Waals surface area contributed by atoms with Gasteiger partial charge < -0.3 is 15.0 Å². The fraction of sp³-hybridized carbons (Fsp3) is 0.667. The molecule has 1 aromatic rings. The molecular formula is C15H21F3N4O2. The Morgan fingerprint density at radius 2 is 2.21 bits per heavy atom. The molecule has 0 bridgehead atoms. The van der Waals surface area contributed by atoms with E-state index in [1.165, 1.54) is 6.92 Å². The molecule has 0 amide bonds. The van der Waals surface area contributed by atoms with Gasteiger partial charge in [0.25, 0.3) is 0 Å². The molecule has 0 saturated carbocycles. The summed E-state index contributed by atoms with van der Waals surface area (Å²) in [5.41, 5.74) is -1.92. The minimum atomic E-state index is -4.76. The molecule has 1 N–H and O–H groups in total. The Bertz CT molecular complexity index is 593. The van der Waals surface area contributed by atoms with Gasteiger partial charge in [-0.3, -0.25) is 0 Å². The Balaban J connectivity index is 2.43. The van der Waals surface area contributed by atoms with E-state index in [2.05, 4.69) is 20.0 Å². The zero-order valence-electron chi connectivity index (χ0n) is 13.9. The second-order valence-corrected chi connectivity index (χ2v) is 5.86. The topological polar surface area (TPSA) is 67.3 Å². The smallest absolute Gasteiger partial charge is 0.434 e. The lowest BCUT2D eigenvalue weighted by molar-refractivity contribution is -0.141. The van der Waals surface area contributed by atoms with Gasteiger partial charge in [-0.05, 0) is 12.8 Å². The highest BCUT2D eigenvalue weighted by molar-refractivity contribution is 5.90. The monoisotopic (exact) mass is 346 g/mol. The number of rotatable bonds is 4. The minimum absolute atomic E-state index is 0.0180. The Hall–Kier alpha value is -1.90. The van der Waals surface area contributed by atoms with Gasteiger partial charge in [0.05, 0.1) is 6.61 Å². The van der Waals surface area contributed by atoms with Crippen molar-refractivity contribution in [3.8, 4) is 0 Å². The molecule has 1 aliphatic rings. The second-order valence-electron chi connectivity index (χ2n) is 5.86. The number of hydrogen-bond donors (Lipinski definition) is 1. The number of carbonyl (C=O) groups is 1. The van der Waals surface area contributed by atoms with Gasteiger partial charge in [-0.2, -0.15) is 13.2 Å². The van der Waals surface area contributed by atoms with E-state index in [0.717, 1.165) is 6.20 Å². The first-order valence-electron chi connectivity index (χ1n) is 7.84. The molecule has 0 spiro atoms. The number of nitrogens with zero attached hydrogens (tertiary/aromatic N) is 3. The molecule has 1 atom stereocenters. The van der Waals surface area contributed by atoms with Crippen LogP contribution in [0.3, 0.4) is 0 Å². The third-order valence-electron chi connectivity index (χ3n) is 3.85. The molecule has 0 radical (unpaired) electrons. The predicted molar refractivity (Wildman–Crippen MR) is 81.8 cm³/mol. The molecule has 24 heavy (non-hydrogen) atoms. The zero-order chi connectivity index (χ0) is 17.9. The number of alkyl halides is 3. The van der Waals surface area contributed by atoms with E-state index in [1.54, 1.807) is 4.90 Å². The highest BCUT2D eigenvalue weighted by Gasteiger charge is 2.39. The Labute approximate surface area is 138 Å². The molecule has 9 heteroatoms. The molecule has 6 nitrogen and oxygen atoms in total. The van der Waals surface area contributed by atoms with Crippen molar-refractivity contribution in [2.45, 2.75) is 33.0 Å². The number of aromatic nitrogens is 2. The minimum Gasteiger partial charge on any atom is -0.462 e. The third-order valence-corrected chi connectivity index (χ3v) is 3.85. The van der Waals surface area contributed by atoms with Crippen LogP contribution >= 0.6 is 0 Å². The van der Waals surface area contributed by atoms with Crippen LogP contribution in [0.2, 0.25) is 0 Å². The number of hydrogen-bond acceptors (Lipinski definition) is 6. The van der Waals surface area contributed by atoms with E-state index < -0.39 is 23.4 Å². The molecule has 1 saturated heterocycles. The van der Waals surface area contributed by atoms with Crippen molar-refractivity contribution in [1.82, 2.24) is 15.3 Å². The van der Waals surface area contributed by atoms with Gasteiger partial charge in [-0.25, -0.2) is 14.8 Å². The SMILES string of the molecule is CCOC(=O)c1cnc(N2CCNC[C@H]2C(C)C)nc1C(F)(F)F. The number of esters is 1. The summed E-state index contributed by atoms with van der Waals surface area (Å²) in [4.78, 5) is 21.2. The molecule has 0 unspecified atom stereocenters. The molecule has 0 aliphatic carbocycles. The maximum Gasteiger partial charge on any atom is 0.434 e. The van der Waals surface area contributed by atoms with Crippen molar-refractivity contribution < 1.29 is 22.7 Å². The largest absolute Gasteiger partial charge is 0.462 e. The van der Waals surface area contributed by atoms with Gasteiger partial charge in [-0.15, -0.1) is 0 Å². The number of piperazine rings is 1. The summed E-state index contributed by atoms with van der Waals surface area (Å²) in [7, 11) is 0. The van der Waals surface area contributed by atoms with Crippen molar-refractivity contribution in [3.63, 3.8) is 0 Å². The number of ether oxygens (including phenoxy) is 1. The van der Waals surface area contributed by atoms with Crippen molar-refractivity contribution in [3.05, 3.63) is 17.5 Å². The first kappa shape index (κ1) is 18.4. The first-order chi connectivity index (χ1) is 11.3. The fourth-order valence-corrected chi connectivity index (χ4v) is 2.65. The average molecular weight is 346 g/mol. The molecule has 1 aromatic heterocycles. The molecule has 0 aromatic carbocycles. The summed E-state index contributed by atoms with van der Waals surface area (Å²) in [5, 5.41) is 3.21. The number of nitrogens with one attached hydrogen (secondary N) is 1. The van der Waals surface area contributed by atoms with E-state index in [-0.39, 0.29) is 24.5 Å². The summed E-state index contributed by atoms with van der Waals surface area (Å²) in [6.07, 6.45) is -3.86. The third kappa shape index (κ3) is 3.95. The van der Waals surface area contributed by atoms with E-state index in [4.69, 9.17) is 0 Å². The standard InChI is InChI=1S/C15H21F3N4O2/c1-4-24-13(23)10-7-20-14(21-12(10)15(16,17)18)22-6-5-19-8-11(22)9(2)3/h7,9,11,19H,4-6,8H2,1-3H3/t11-/m0/s1. The van der Waals surface area contributed by atoms with Crippen molar-refractivity contribution in [1.29, 1.82) is 0 Å². The molecule has 1 aliphatic heterocycles. The van der Waals surface area contributed by atoms with Gasteiger partial charge in [0.15, 0.2) is 5.69 Å². The van der Waals surface area contributed by atoms with Crippen LogP contribution in [-0.4, -0.2) is 48.2 Å². The maximum absolute atomic E-state index is 13.3. The van der Waals surface area contributed by atoms with Crippen molar-refractivity contribution >= 4 is 11.9 Å². The quantitative estimate of drug-likeness (QED) is 0.843. The molecule has 1 fully saturated rings. The maximum atomic E-state index is 13.3. The van der Waals surface area contributed by atoms with Crippen LogP contribution in [0.15, 0.2) is 6.20 Å². The van der Waals surface area contributed by atoms with Crippen LogP contribution in [0.1, 0.15) is 36.8 Å². The Morgan fingerprint density at radius 1 is 1.50 bits per heavy atom. The summed E-state index contributed by atoms with van der Waals surface area (Å²) >= 11 is 0. The summed E-state index contributed by atoms with van der Waals surface area (Å²) in [6.45, 7) is 7.25. The summed E-state index contributed by atoms with van der Waals surface area (Å²) < 4.78 is 44.6. The second kappa shape index (κ2) is 7.33. The number of halogens is 3. The van der Waals surface area contributed by atoms with Crippen LogP contribution in [0.25, 0.3) is 0 Å². The summed E-state index contributed by atoms with van der Waals surface area (Å²) in [5.74, 6) is -0.881. The van der Waals surface area contributed by atoms with Crippen LogP contribution < -0.4 is 10.2 Å².